The Morgan fingerprint density at radius 3 is 2.38 bits per heavy atom. The smallest absolute Gasteiger partial charge is 0.237 e. The van der Waals surface area contributed by atoms with E-state index in [1.54, 1.807) is 0 Å². The van der Waals surface area contributed by atoms with Gasteiger partial charge >= 0.3 is 0 Å². The second-order valence-electron chi connectivity index (χ2n) is 5.47. The Balaban J connectivity index is 2.24. The Morgan fingerprint density at radius 1 is 1.24 bits per heavy atom. The summed E-state index contributed by atoms with van der Waals surface area (Å²) in [5.41, 5.74) is 5.34. The van der Waals surface area contributed by atoms with E-state index in [0.29, 0.717) is 18.5 Å². The molecule has 0 radical (unpaired) electrons. The number of amides is 1. The van der Waals surface area contributed by atoms with E-state index >= 15 is 0 Å². The summed E-state index contributed by atoms with van der Waals surface area (Å²) in [6.45, 7) is 0. The monoisotopic (exact) mass is 328 g/mol. The molecule has 0 aromatic heterocycles. The fourth-order valence-electron chi connectivity index (χ4n) is 2.79. The lowest BCUT2D eigenvalue weighted by atomic mass is 9.79. The maximum Gasteiger partial charge on any atom is 0.237 e. The van der Waals surface area contributed by atoms with E-state index in [9.17, 15) is 9.18 Å². The minimum absolute atomic E-state index is 0.212. The van der Waals surface area contributed by atoms with Gasteiger partial charge < -0.3 is 11.1 Å². The zero-order valence-electron chi connectivity index (χ0n) is 11.6. The van der Waals surface area contributed by atoms with Crippen LogP contribution in [0.4, 0.5) is 10.1 Å². The summed E-state index contributed by atoms with van der Waals surface area (Å²) in [5.74, 6) is -0.762. The van der Waals surface area contributed by atoms with Crippen molar-refractivity contribution in [3.05, 3.63) is 29.0 Å². The molecule has 0 bridgehead atoms. The number of halogens is 2. The van der Waals surface area contributed by atoms with Crippen LogP contribution in [0.5, 0.6) is 0 Å². The van der Waals surface area contributed by atoms with Crippen LogP contribution in [0, 0.1) is 11.2 Å². The SMILES string of the molecule is NC(=S)C1(C(=O)Nc2cc(F)cc(Cl)c2)CCCCCC1. The molecular weight excluding hydrogens is 311 g/mol. The first-order chi connectivity index (χ1) is 9.94. The third-order valence-corrected chi connectivity index (χ3v) is 4.59. The molecule has 0 spiro atoms. The minimum atomic E-state index is -0.843. The van der Waals surface area contributed by atoms with Crippen molar-refractivity contribution in [3.63, 3.8) is 0 Å². The second-order valence-corrected chi connectivity index (χ2v) is 6.35. The minimum Gasteiger partial charge on any atom is -0.392 e. The molecule has 1 aromatic rings. The quantitative estimate of drug-likeness (QED) is 0.650. The van der Waals surface area contributed by atoms with Crippen molar-refractivity contribution in [3.8, 4) is 0 Å². The molecule has 114 valence electrons. The van der Waals surface area contributed by atoms with Crippen molar-refractivity contribution < 1.29 is 9.18 Å². The van der Waals surface area contributed by atoms with Gasteiger partial charge in [0, 0.05) is 10.7 Å². The molecule has 0 saturated heterocycles. The molecule has 3 N–H and O–H groups in total. The number of hydrogen-bond acceptors (Lipinski definition) is 2. The van der Waals surface area contributed by atoms with Crippen LogP contribution in [0.3, 0.4) is 0 Å². The third-order valence-electron chi connectivity index (χ3n) is 3.98. The van der Waals surface area contributed by atoms with Crippen LogP contribution in [0.1, 0.15) is 38.5 Å². The van der Waals surface area contributed by atoms with Gasteiger partial charge in [-0.1, -0.05) is 49.5 Å². The number of rotatable bonds is 3. The first-order valence-electron chi connectivity index (χ1n) is 7.01. The number of carbonyl (C=O) groups excluding carboxylic acids is 1. The summed E-state index contributed by atoms with van der Waals surface area (Å²) in [7, 11) is 0. The molecule has 2 rings (SSSR count). The van der Waals surface area contributed by atoms with Gasteiger partial charge in [0.1, 0.15) is 5.82 Å². The highest BCUT2D eigenvalue weighted by Gasteiger charge is 2.41. The van der Waals surface area contributed by atoms with Crippen molar-refractivity contribution in [1.82, 2.24) is 0 Å². The molecule has 1 amide bonds. The molecule has 1 aromatic carbocycles. The zero-order valence-corrected chi connectivity index (χ0v) is 13.2. The van der Waals surface area contributed by atoms with Crippen molar-refractivity contribution in [2.24, 2.45) is 11.1 Å². The Bertz CT molecular complexity index is 536. The average Bonchev–Trinajstić information content (AvgIpc) is 2.63. The maximum absolute atomic E-state index is 13.4. The molecule has 1 aliphatic rings. The Morgan fingerprint density at radius 2 is 1.86 bits per heavy atom. The van der Waals surface area contributed by atoms with E-state index in [-0.39, 0.29) is 15.9 Å². The van der Waals surface area contributed by atoms with Gasteiger partial charge in [-0.05, 0) is 31.0 Å². The van der Waals surface area contributed by atoms with Gasteiger partial charge in [-0.15, -0.1) is 0 Å². The molecule has 21 heavy (non-hydrogen) atoms. The molecule has 0 unspecified atom stereocenters. The molecule has 3 nitrogen and oxygen atoms in total. The van der Waals surface area contributed by atoms with Gasteiger partial charge in [-0.2, -0.15) is 0 Å². The Kier molecular flexibility index (Phi) is 5.17. The Labute approximate surface area is 134 Å². The number of anilines is 1. The van der Waals surface area contributed by atoms with Gasteiger partial charge in [0.2, 0.25) is 5.91 Å². The molecular formula is C15H18ClFN2OS. The van der Waals surface area contributed by atoms with E-state index in [1.807, 2.05) is 0 Å². The topological polar surface area (TPSA) is 55.1 Å². The van der Waals surface area contributed by atoms with Crippen molar-refractivity contribution in [1.29, 1.82) is 0 Å². The standard InChI is InChI=1S/C15H18ClFN2OS/c16-10-7-11(17)9-12(8-10)19-14(20)15(13(18)21)5-3-1-2-4-6-15/h7-9H,1-6H2,(H2,18,21)(H,19,20). The first kappa shape index (κ1) is 16.2. The molecule has 0 atom stereocenters. The number of hydrogen-bond donors (Lipinski definition) is 2. The second kappa shape index (κ2) is 6.71. The highest BCUT2D eigenvalue weighted by molar-refractivity contribution is 7.80. The van der Waals surface area contributed by atoms with E-state index in [4.69, 9.17) is 29.6 Å². The van der Waals surface area contributed by atoms with Gasteiger partial charge in [-0.3, -0.25) is 4.79 Å². The Hall–Kier alpha value is -1.20. The summed E-state index contributed by atoms with van der Waals surface area (Å²) in [6.07, 6.45) is 5.24. The molecule has 0 heterocycles. The fraction of sp³-hybridized carbons (Fsp3) is 0.467. The van der Waals surface area contributed by atoms with E-state index in [2.05, 4.69) is 5.32 Å². The largest absolute Gasteiger partial charge is 0.392 e. The van der Waals surface area contributed by atoms with E-state index in [0.717, 1.165) is 25.7 Å². The van der Waals surface area contributed by atoms with Crippen LogP contribution in [0.25, 0.3) is 0 Å². The number of carbonyl (C=O) groups is 1. The lowest BCUT2D eigenvalue weighted by molar-refractivity contribution is -0.122. The fourth-order valence-corrected chi connectivity index (χ4v) is 3.31. The van der Waals surface area contributed by atoms with Crippen molar-refractivity contribution in [2.45, 2.75) is 38.5 Å². The lowest BCUT2D eigenvalue weighted by Crippen LogP contribution is -2.45. The normalized spacial score (nSPS) is 17.8. The maximum atomic E-state index is 13.4. The van der Waals surface area contributed by atoms with Crippen LogP contribution >= 0.6 is 23.8 Å². The number of thiocarbonyl (C=S) groups is 1. The molecule has 6 heteroatoms. The summed E-state index contributed by atoms with van der Waals surface area (Å²) in [5, 5.41) is 2.94. The van der Waals surface area contributed by atoms with Crippen molar-refractivity contribution >= 4 is 40.4 Å². The summed E-state index contributed by atoms with van der Waals surface area (Å²) < 4.78 is 13.4. The highest BCUT2D eigenvalue weighted by Crippen LogP contribution is 2.37. The van der Waals surface area contributed by atoms with Crippen LogP contribution in [0.2, 0.25) is 5.02 Å². The summed E-state index contributed by atoms with van der Waals surface area (Å²) in [4.78, 5) is 12.9. The molecule has 1 fully saturated rings. The molecule has 1 saturated carbocycles. The van der Waals surface area contributed by atoms with Gasteiger partial charge in [-0.25, -0.2) is 4.39 Å². The number of nitrogens with one attached hydrogen (secondary N) is 1. The average molecular weight is 329 g/mol. The summed E-state index contributed by atoms with van der Waals surface area (Å²) >= 11 is 10.9. The third kappa shape index (κ3) is 3.71. The summed E-state index contributed by atoms with van der Waals surface area (Å²) in [6, 6.07) is 3.92. The van der Waals surface area contributed by atoms with Crippen LogP contribution in [0.15, 0.2) is 18.2 Å². The van der Waals surface area contributed by atoms with Crippen LogP contribution < -0.4 is 11.1 Å². The predicted octanol–water partition coefficient (Wildman–Crippen LogP) is 4.04. The van der Waals surface area contributed by atoms with Gasteiger partial charge in [0.15, 0.2) is 0 Å². The van der Waals surface area contributed by atoms with Crippen molar-refractivity contribution in [2.75, 3.05) is 5.32 Å². The number of benzene rings is 1. The first-order valence-corrected chi connectivity index (χ1v) is 7.80. The zero-order chi connectivity index (χ0) is 15.5. The van der Waals surface area contributed by atoms with E-state index < -0.39 is 11.2 Å². The lowest BCUT2D eigenvalue weighted by Gasteiger charge is -2.30. The molecule has 1 aliphatic carbocycles. The predicted molar refractivity (Wildman–Crippen MR) is 87.0 cm³/mol. The molecule has 0 aliphatic heterocycles. The van der Waals surface area contributed by atoms with Crippen LogP contribution in [-0.4, -0.2) is 10.9 Å². The van der Waals surface area contributed by atoms with Gasteiger partial charge in [0.25, 0.3) is 0 Å². The van der Waals surface area contributed by atoms with Gasteiger partial charge in [0.05, 0.1) is 10.4 Å². The highest BCUT2D eigenvalue weighted by atomic mass is 35.5. The number of nitrogens with two attached hydrogens (primary N) is 1. The van der Waals surface area contributed by atoms with Crippen LogP contribution in [-0.2, 0) is 4.79 Å². The van der Waals surface area contributed by atoms with E-state index in [1.165, 1.54) is 18.2 Å².